The molecule has 0 aliphatic heterocycles. The van der Waals surface area contributed by atoms with Crippen LogP contribution in [0.3, 0.4) is 0 Å². The zero-order valence-corrected chi connectivity index (χ0v) is 8.36. The van der Waals surface area contributed by atoms with Gasteiger partial charge in [-0.2, -0.15) is 0 Å². The quantitative estimate of drug-likeness (QED) is 0.671. The van der Waals surface area contributed by atoms with Crippen LogP contribution in [0, 0.1) is 0 Å². The number of aldehydes is 1. The van der Waals surface area contributed by atoms with Gasteiger partial charge in [0.2, 0.25) is 0 Å². The predicted molar refractivity (Wildman–Crippen MR) is 53.2 cm³/mol. The fourth-order valence-electron chi connectivity index (χ4n) is 2.11. The molecule has 0 N–H and O–H groups in total. The van der Waals surface area contributed by atoms with Crippen molar-refractivity contribution in [1.82, 2.24) is 9.97 Å². The van der Waals surface area contributed by atoms with E-state index in [-0.39, 0.29) is 5.41 Å². The van der Waals surface area contributed by atoms with Crippen LogP contribution in [0.2, 0.25) is 0 Å². The summed E-state index contributed by atoms with van der Waals surface area (Å²) in [6, 6.07) is 1.65. The second-order valence-corrected chi connectivity index (χ2v) is 4.19. The molecule has 1 heterocycles. The molecule has 3 heteroatoms. The van der Waals surface area contributed by atoms with Crippen LogP contribution < -0.4 is 0 Å². The fourth-order valence-corrected chi connectivity index (χ4v) is 2.11. The molecule has 1 saturated carbocycles. The van der Waals surface area contributed by atoms with E-state index in [9.17, 15) is 4.79 Å². The lowest BCUT2D eigenvalue weighted by molar-refractivity contribution is 0.111. The summed E-state index contributed by atoms with van der Waals surface area (Å²) in [5.74, 6) is 0.833. The maximum atomic E-state index is 10.6. The van der Waals surface area contributed by atoms with E-state index in [4.69, 9.17) is 0 Å². The Bertz CT molecular complexity index is 343. The third-order valence-electron chi connectivity index (χ3n) is 3.04. The molecule has 0 bridgehead atoms. The molecule has 14 heavy (non-hydrogen) atoms. The summed E-state index contributed by atoms with van der Waals surface area (Å²) < 4.78 is 0. The molecule has 0 saturated heterocycles. The maximum Gasteiger partial charge on any atom is 0.168 e. The van der Waals surface area contributed by atoms with Gasteiger partial charge in [-0.15, -0.1) is 0 Å². The fraction of sp³-hybridized carbons (Fsp3) is 0.545. The minimum Gasteiger partial charge on any atom is -0.296 e. The van der Waals surface area contributed by atoms with E-state index >= 15 is 0 Å². The van der Waals surface area contributed by atoms with Crippen molar-refractivity contribution in [2.24, 2.45) is 0 Å². The molecular formula is C11H14N2O. The van der Waals surface area contributed by atoms with Crippen LogP contribution in [0.5, 0.6) is 0 Å². The third kappa shape index (κ3) is 1.54. The number of carbonyl (C=O) groups is 1. The lowest BCUT2D eigenvalue weighted by atomic mass is 9.88. The van der Waals surface area contributed by atoms with Crippen LogP contribution in [-0.2, 0) is 5.41 Å². The zero-order valence-electron chi connectivity index (χ0n) is 8.36. The molecule has 0 aromatic carbocycles. The summed E-state index contributed by atoms with van der Waals surface area (Å²) in [4.78, 5) is 19.1. The van der Waals surface area contributed by atoms with Gasteiger partial charge in [-0.05, 0) is 18.9 Å². The normalized spacial score (nSPS) is 19.5. The Labute approximate surface area is 83.6 Å². The highest BCUT2D eigenvalue weighted by Crippen LogP contribution is 2.38. The van der Waals surface area contributed by atoms with Crippen LogP contribution in [0.15, 0.2) is 12.3 Å². The first-order valence-electron chi connectivity index (χ1n) is 5.03. The van der Waals surface area contributed by atoms with E-state index < -0.39 is 0 Å². The first kappa shape index (κ1) is 9.31. The van der Waals surface area contributed by atoms with E-state index in [1.165, 1.54) is 12.8 Å². The summed E-state index contributed by atoms with van der Waals surface area (Å²) in [5, 5.41) is 0. The van der Waals surface area contributed by atoms with Crippen LogP contribution >= 0.6 is 0 Å². The Balaban J connectivity index is 2.35. The molecule has 0 amide bonds. The Morgan fingerprint density at radius 2 is 2.14 bits per heavy atom. The van der Waals surface area contributed by atoms with Gasteiger partial charge in [0.05, 0.1) is 0 Å². The molecule has 1 aromatic rings. The average molecular weight is 190 g/mol. The van der Waals surface area contributed by atoms with E-state index in [1.54, 1.807) is 12.3 Å². The molecule has 74 valence electrons. The molecular weight excluding hydrogens is 176 g/mol. The van der Waals surface area contributed by atoms with Gasteiger partial charge in [-0.1, -0.05) is 19.8 Å². The standard InChI is InChI=1S/C11H14N2O/c1-11(5-2-3-6-11)10-12-7-4-9(8-14)13-10/h4,7-8H,2-3,5-6H2,1H3. The van der Waals surface area contributed by atoms with E-state index in [2.05, 4.69) is 16.9 Å². The summed E-state index contributed by atoms with van der Waals surface area (Å²) in [6.07, 6.45) is 7.21. The molecule has 0 spiro atoms. The van der Waals surface area contributed by atoms with Crippen molar-refractivity contribution in [3.05, 3.63) is 23.8 Å². The molecule has 1 aliphatic carbocycles. The van der Waals surface area contributed by atoms with Crippen molar-refractivity contribution in [1.29, 1.82) is 0 Å². The Hall–Kier alpha value is -1.25. The van der Waals surface area contributed by atoms with Crippen molar-refractivity contribution in [3.63, 3.8) is 0 Å². The highest BCUT2D eigenvalue weighted by Gasteiger charge is 2.33. The zero-order chi connectivity index (χ0) is 10.0. The first-order chi connectivity index (χ1) is 6.74. The van der Waals surface area contributed by atoms with E-state index in [0.717, 1.165) is 25.0 Å². The summed E-state index contributed by atoms with van der Waals surface area (Å²) in [7, 11) is 0. The average Bonchev–Trinajstić information content (AvgIpc) is 2.67. The van der Waals surface area contributed by atoms with Crippen molar-refractivity contribution in [3.8, 4) is 0 Å². The van der Waals surface area contributed by atoms with Gasteiger partial charge in [-0.3, -0.25) is 4.79 Å². The van der Waals surface area contributed by atoms with Gasteiger partial charge in [0, 0.05) is 11.6 Å². The molecule has 0 radical (unpaired) electrons. The maximum absolute atomic E-state index is 10.6. The van der Waals surface area contributed by atoms with Crippen LogP contribution in [0.1, 0.15) is 48.9 Å². The third-order valence-corrected chi connectivity index (χ3v) is 3.04. The molecule has 3 nitrogen and oxygen atoms in total. The number of carbonyl (C=O) groups excluding carboxylic acids is 1. The van der Waals surface area contributed by atoms with Crippen LogP contribution in [0.4, 0.5) is 0 Å². The van der Waals surface area contributed by atoms with Gasteiger partial charge in [0.25, 0.3) is 0 Å². The summed E-state index contributed by atoms with van der Waals surface area (Å²) in [5.41, 5.74) is 0.585. The number of hydrogen-bond donors (Lipinski definition) is 0. The van der Waals surface area contributed by atoms with Gasteiger partial charge in [-0.25, -0.2) is 9.97 Å². The minimum absolute atomic E-state index is 0.0963. The van der Waals surface area contributed by atoms with Gasteiger partial charge >= 0.3 is 0 Å². The Kier molecular flexibility index (Phi) is 2.32. The SMILES string of the molecule is CC1(c2nccc(C=O)n2)CCCC1. The predicted octanol–water partition coefficient (Wildman–Crippen LogP) is 2.12. The second kappa shape index (κ2) is 3.48. The van der Waals surface area contributed by atoms with Crippen LogP contribution in [-0.4, -0.2) is 16.3 Å². The first-order valence-corrected chi connectivity index (χ1v) is 5.03. The number of rotatable bonds is 2. The monoisotopic (exact) mass is 190 g/mol. The molecule has 0 unspecified atom stereocenters. The van der Waals surface area contributed by atoms with Gasteiger partial charge < -0.3 is 0 Å². The lowest BCUT2D eigenvalue weighted by Crippen LogP contribution is -2.21. The molecule has 0 atom stereocenters. The summed E-state index contributed by atoms with van der Waals surface area (Å²) in [6.45, 7) is 2.18. The van der Waals surface area contributed by atoms with Gasteiger partial charge in [0.1, 0.15) is 11.5 Å². The van der Waals surface area contributed by atoms with Crippen molar-refractivity contribution in [2.45, 2.75) is 38.0 Å². The van der Waals surface area contributed by atoms with E-state index in [0.29, 0.717) is 5.69 Å². The van der Waals surface area contributed by atoms with Crippen molar-refractivity contribution >= 4 is 6.29 Å². The van der Waals surface area contributed by atoms with E-state index in [1.807, 2.05) is 0 Å². The Morgan fingerprint density at radius 1 is 1.43 bits per heavy atom. The number of aromatic nitrogens is 2. The highest BCUT2D eigenvalue weighted by atomic mass is 16.1. The molecule has 1 aromatic heterocycles. The van der Waals surface area contributed by atoms with Gasteiger partial charge in [0.15, 0.2) is 6.29 Å². The minimum atomic E-state index is 0.0963. The largest absolute Gasteiger partial charge is 0.296 e. The number of nitrogens with zero attached hydrogens (tertiary/aromatic N) is 2. The highest BCUT2D eigenvalue weighted by molar-refractivity contribution is 5.71. The molecule has 1 fully saturated rings. The smallest absolute Gasteiger partial charge is 0.168 e. The molecule has 2 rings (SSSR count). The van der Waals surface area contributed by atoms with Crippen molar-refractivity contribution in [2.75, 3.05) is 0 Å². The topological polar surface area (TPSA) is 42.9 Å². The van der Waals surface area contributed by atoms with Crippen molar-refractivity contribution < 1.29 is 4.79 Å². The second-order valence-electron chi connectivity index (χ2n) is 4.19. The summed E-state index contributed by atoms with van der Waals surface area (Å²) >= 11 is 0. The molecule has 1 aliphatic rings. The lowest BCUT2D eigenvalue weighted by Gasteiger charge is -2.21. The number of hydrogen-bond acceptors (Lipinski definition) is 3. The Morgan fingerprint density at radius 3 is 2.79 bits per heavy atom. The van der Waals surface area contributed by atoms with Crippen LogP contribution in [0.25, 0.3) is 0 Å².